The van der Waals surface area contributed by atoms with Gasteiger partial charge in [-0.3, -0.25) is 14.2 Å². The minimum absolute atomic E-state index is 0.0126. The van der Waals surface area contributed by atoms with Gasteiger partial charge in [-0.2, -0.15) is 0 Å². The van der Waals surface area contributed by atoms with E-state index < -0.39 is 36.4 Å². The van der Waals surface area contributed by atoms with E-state index in [9.17, 15) is 24.6 Å². The van der Waals surface area contributed by atoms with Crippen molar-refractivity contribution in [1.29, 1.82) is 0 Å². The number of rotatable bonds is 14. The predicted molar refractivity (Wildman–Crippen MR) is 211 cm³/mol. The van der Waals surface area contributed by atoms with Gasteiger partial charge in [0.05, 0.1) is 6.33 Å². The highest BCUT2D eigenvalue weighted by molar-refractivity contribution is 5.94. The van der Waals surface area contributed by atoms with Crippen molar-refractivity contribution in [3.63, 3.8) is 0 Å². The molecule has 5 aromatic rings. The molecule has 2 aliphatic heterocycles. The molecule has 2 saturated heterocycles. The standard InChI is InChI=1S/C40H47N11O6/c1-2-41-37(54)33-31(52)32(53)39(57-33)51-24-46-30-34(45-23-28(25-11-5-3-6-12-25)26-13-7-4-8-14-26)48-35(49-36(30)51)38(55)43-19-20-44-40(56)47-27-16-21-50(22-17-27)29-15-9-10-18-42-29/h3-15,18,24,27-28,31-33,39,52-53H,2,16-17,19-23H2,1H3,(H,41,54)(H,43,55)(H2,44,47,56)(H,45,48,49)/t31-,32+,33-,39?/m0/s1. The number of nitrogens with one attached hydrogen (secondary N) is 5. The lowest BCUT2D eigenvalue weighted by molar-refractivity contribution is -0.137. The highest BCUT2D eigenvalue weighted by Crippen LogP contribution is 2.33. The van der Waals surface area contributed by atoms with Gasteiger partial charge in [0.2, 0.25) is 5.82 Å². The maximum absolute atomic E-state index is 13.6. The molecule has 5 heterocycles. The van der Waals surface area contributed by atoms with Gasteiger partial charge >= 0.3 is 6.03 Å². The number of imidazole rings is 1. The summed E-state index contributed by atoms with van der Waals surface area (Å²) in [5, 5.41) is 36.3. The number of hydrogen-bond donors (Lipinski definition) is 7. The number of piperidine rings is 1. The number of aromatic nitrogens is 5. The zero-order valence-corrected chi connectivity index (χ0v) is 31.5. The molecule has 0 spiro atoms. The summed E-state index contributed by atoms with van der Waals surface area (Å²) in [5.41, 5.74) is 2.53. The second-order valence-corrected chi connectivity index (χ2v) is 13.9. The fourth-order valence-corrected chi connectivity index (χ4v) is 7.17. The van der Waals surface area contributed by atoms with Crippen LogP contribution in [-0.2, 0) is 9.53 Å². The Morgan fingerprint density at radius 2 is 1.53 bits per heavy atom. The van der Waals surface area contributed by atoms with Gasteiger partial charge < -0.3 is 46.4 Å². The van der Waals surface area contributed by atoms with Gasteiger partial charge in [0.25, 0.3) is 11.8 Å². The average molecular weight is 778 g/mol. The number of pyridine rings is 1. The highest BCUT2D eigenvalue weighted by atomic mass is 16.6. The summed E-state index contributed by atoms with van der Waals surface area (Å²) in [6, 6.07) is 25.4. The number of nitrogens with zero attached hydrogens (tertiary/aromatic N) is 6. The average Bonchev–Trinajstić information content (AvgIpc) is 3.80. The van der Waals surface area contributed by atoms with Crippen LogP contribution in [0.1, 0.15) is 53.7 Å². The molecule has 17 nitrogen and oxygen atoms in total. The van der Waals surface area contributed by atoms with Crippen molar-refractivity contribution in [2.75, 3.05) is 49.5 Å². The summed E-state index contributed by atoms with van der Waals surface area (Å²) in [6.45, 7) is 4.19. The molecule has 0 aliphatic carbocycles. The van der Waals surface area contributed by atoms with Crippen LogP contribution < -0.4 is 31.5 Å². The molecule has 2 aliphatic rings. The van der Waals surface area contributed by atoms with Gasteiger partial charge in [-0.1, -0.05) is 66.7 Å². The van der Waals surface area contributed by atoms with Crippen LogP contribution in [0.2, 0.25) is 0 Å². The third-order valence-electron chi connectivity index (χ3n) is 10.1. The van der Waals surface area contributed by atoms with Crippen LogP contribution in [-0.4, -0.2) is 116 Å². The van der Waals surface area contributed by atoms with E-state index in [1.54, 1.807) is 13.1 Å². The quantitative estimate of drug-likeness (QED) is 0.0805. The van der Waals surface area contributed by atoms with E-state index in [-0.39, 0.29) is 53.9 Å². The van der Waals surface area contributed by atoms with Gasteiger partial charge in [0, 0.05) is 57.4 Å². The molecule has 3 aromatic heterocycles. The Morgan fingerprint density at radius 3 is 2.19 bits per heavy atom. The van der Waals surface area contributed by atoms with Crippen LogP contribution in [0.25, 0.3) is 11.2 Å². The van der Waals surface area contributed by atoms with Gasteiger partial charge in [0.15, 0.2) is 29.3 Å². The Hall–Kier alpha value is -6.17. The van der Waals surface area contributed by atoms with Crippen molar-refractivity contribution in [2.24, 2.45) is 0 Å². The molecule has 7 N–H and O–H groups in total. The molecule has 2 aromatic carbocycles. The number of likely N-dealkylation sites (N-methyl/N-ethyl adjacent to an activating group) is 1. The summed E-state index contributed by atoms with van der Waals surface area (Å²) < 4.78 is 7.25. The first-order valence-corrected chi connectivity index (χ1v) is 19.2. The van der Waals surface area contributed by atoms with Gasteiger partial charge in [-0.15, -0.1) is 0 Å². The van der Waals surface area contributed by atoms with Gasteiger partial charge in [0.1, 0.15) is 18.0 Å². The number of benzene rings is 2. The van der Waals surface area contributed by atoms with Crippen molar-refractivity contribution in [1.82, 2.24) is 45.8 Å². The van der Waals surface area contributed by atoms with Crippen LogP contribution in [0.5, 0.6) is 0 Å². The Balaban J connectivity index is 1.05. The lowest BCUT2D eigenvalue weighted by Gasteiger charge is -2.33. The Bertz CT molecular complexity index is 2080. The van der Waals surface area contributed by atoms with Crippen molar-refractivity contribution in [3.05, 3.63) is 108 Å². The van der Waals surface area contributed by atoms with Gasteiger partial charge in [-0.25, -0.2) is 24.7 Å². The fourth-order valence-electron chi connectivity index (χ4n) is 7.17. The van der Waals surface area contributed by atoms with E-state index in [1.165, 1.54) is 10.9 Å². The molecule has 57 heavy (non-hydrogen) atoms. The number of fused-ring (bicyclic) bond motifs is 1. The van der Waals surface area contributed by atoms with E-state index in [0.717, 1.165) is 42.9 Å². The SMILES string of the molecule is CCNC(=O)[C@H]1OC(n2cnc3c(NCC(c4ccccc4)c4ccccc4)nc(C(=O)NCCNC(=O)NC4CCN(c5ccccn5)CC4)nc32)[C@H](O)[C@@H]1O. The smallest absolute Gasteiger partial charge is 0.315 e. The molecule has 4 atom stereocenters. The second kappa shape index (κ2) is 18.2. The first-order valence-electron chi connectivity index (χ1n) is 19.2. The minimum Gasteiger partial charge on any atom is -0.387 e. The van der Waals surface area contributed by atoms with E-state index >= 15 is 0 Å². The van der Waals surface area contributed by atoms with Crippen molar-refractivity contribution >= 4 is 40.6 Å². The van der Waals surface area contributed by atoms with Crippen LogP contribution in [0.3, 0.4) is 0 Å². The molecule has 1 unspecified atom stereocenters. The van der Waals surface area contributed by atoms with Crippen molar-refractivity contribution in [2.45, 2.75) is 56.3 Å². The number of carbonyl (C=O) groups is 3. The maximum Gasteiger partial charge on any atom is 0.315 e. The number of urea groups is 1. The minimum atomic E-state index is -1.53. The third kappa shape index (κ3) is 9.12. The second-order valence-electron chi connectivity index (χ2n) is 13.9. The predicted octanol–water partition coefficient (Wildman–Crippen LogP) is 1.92. The van der Waals surface area contributed by atoms with Crippen LogP contribution in [0.4, 0.5) is 16.4 Å². The molecular weight excluding hydrogens is 731 g/mol. The number of ether oxygens (including phenoxy) is 1. The molecule has 2 fully saturated rings. The number of anilines is 2. The highest BCUT2D eigenvalue weighted by Gasteiger charge is 2.47. The van der Waals surface area contributed by atoms with Crippen LogP contribution >= 0.6 is 0 Å². The largest absolute Gasteiger partial charge is 0.387 e. The number of carbonyl (C=O) groups excluding carboxylic acids is 3. The van der Waals surface area contributed by atoms with E-state index in [1.807, 2.05) is 78.9 Å². The summed E-state index contributed by atoms with van der Waals surface area (Å²) in [4.78, 5) is 59.2. The molecule has 0 radical (unpaired) electrons. The van der Waals surface area contributed by atoms with Crippen molar-refractivity contribution in [3.8, 4) is 0 Å². The summed E-state index contributed by atoms with van der Waals surface area (Å²) in [5.74, 6) is -0.332. The fraction of sp³-hybridized carbons (Fsp3) is 0.375. The lowest BCUT2D eigenvalue weighted by Crippen LogP contribution is -2.49. The van der Waals surface area contributed by atoms with Crippen LogP contribution in [0, 0.1) is 0 Å². The number of amides is 4. The maximum atomic E-state index is 13.6. The first kappa shape index (κ1) is 39.1. The molecular formula is C40H47N11O6. The number of aliphatic hydroxyl groups is 2. The summed E-state index contributed by atoms with van der Waals surface area (Å²) in [7, 11) is 0. The molecule has 298 valence electrons. The zero-order chi connectivity index (χ0) is 39.7. The van der Waals surface area contributed by atoms with Gasteiger partial charge in [-0.05, 0) is 43.0 Å². The molecule has 0 saturated carbocycles. The lowest BCUT2D eigenvalue weighted by atomic mass is 9.91. The topological polar surface area (TPSA) is 221 Å². The molecule has 4 amide bonds. The van der Waals surface area contributed by atoms with E-state index in [0.29, 0.717) is 13.1 Å². The number of aliphatic hydroxyl groups excluding tert-OH is 2. The summed E-state index contributed by atoms with van der Waals surface area (Å²) in [6.07, 6.45) is -0.937. The summed E-state index contributed by atoms with van der Waals surface area (Å²) >= 11 is 0. The Labute approximate surface area is 329 Å². The zero-order valence-electron chi connectivity index (χ0n) is 31.5. The molecule has 7 rings (SSSR count). The monoisotopic (exact) mass is 777 g/mol. The molecule has 0 bridgehead atoms. The third-order valence-corrected chi connectivity index (χ3v) is 10.1. The first-order chi connectivity index (χ1) is 27.8. The van der Waals surface area contributed by atoms with Crippen molar-refractivity contribution < 1.29 is 29.3 Å². The Morgan fingerprint density at radius 1 is 0.842 bits per heavy atom. The molecule has 17 heteroatoms. The Kier molecular flexibility index (Phi) is 12.5. The number of hydrogen-bond acceptors (Lipinski definition) is 12. The normalized spacial score (nSPS) is 19.7. The van der Waals surface area contributed by atoms with E-state index in [4.69, 9.17) is 4.74 Å². The van der Waals surface area contributed by atoms with Crippen LogP contribution in [0.15, 0.2) is 91.4 Å². The van der Waals surface area contributed by atoms with E-state index in [2.05, 4.69) is 51.4 Å².